The molecule has 1 aliphatic heterocycles. The van der Waals surface area contributed by atoms with Crippen LogP contribution in [0.3, 0.4) is 0 Å². The summed E-state index contributed by atoms with van der Waals surface area (Å²) in [4.78, 5) is 10.9. The first kappa shape index (κ1) is 7.10. The van der Waals surface area contributed by atoms with E-state index in [0.717, 1.165) is 25.8 Å². The first-order valence-electron chi connectivity index (χ1n) is 4.17. The molecular formula is C8H13NO2. The molecule has 0 aromatic carbocycles. The van der Waals surface area contributed by atoms with Gasteiger partial charge in [0.25, 0.3) is 0 Å². The maximum absolute atomic E-state index is 10.9. The lowest BCUT2D eigenvalue weighted by molar-refractivity contribution is -0.149. The van der Waals surface area contributed by atoms with Gasteiger partial charge in [-0.1, -0.05) is 0 Å². The summed E-state index contributed by atoms with van der Waals surface area (Å²) >= 11 is 0. The molecule has 1 saturated heterocycles. The Hall–Kier alpha value is -0.570. The molecule has 2 aliphatic rings. The molecule has 0 spiro atoms. The Labute approximate surface area is 65.8 Å². The molecule has 2 N–H and O–H groups in total. The van der Waals surface area contributed by atoms with Gasteiger partial charge in [0.1, 0.15) is 0 Å². The zero-order valence-electron chi connectivity index (χ0n) is 6.47. The molecule has 0 unspecified atom stereocenters. The molecular weight excluding hydrogens is 142 g/mol. The molecule has 0 radical (unpaired) electrons. The van der Waals surface area contributed by atoms with Crippen LogP contribution in [0.4, 0.5) is 0 Å². The van der Waals surface area contributed by atoms with Crippen molar-refractivity contribution < 1.29 is 9.90 Å². The van der Waals surface area contributed by atoms with Crippen molar-refractivity contribution in [2.45, 2.75) is 19.3 Å². The molecule has 1 saturated carbocycles. The second-order valence-electron chi connectivity index (χ2n) is 3.83. The maximum Gasteiger partial charge on any atom is 0.310 e. The van der Waals surface area contributed by atoms with Crippen molar-refractivity contribution in [1.29, 1.82) is 0 Å². The van der Waals surface area contributed by atoms with Crippen LogP contribution in [0.1, 0.15) is 19.3 Å². The van der Waals surface area contributed by atoms with Crippen LogP contribution in [0.15, 0.2) is 0 Å². The van der Waals surface area contributed by atoms with Crippen LogP contribution in [0, 0.1) is 11.3 Å². The summed E-state index contributed by atoms with van der Waals surface area (Å²) in [6, 6.07) is 0. The van der Waals surface area contributed by atoms with E-state index in [1.165, 1.54) is 0 Å². The van der Waals surface area contributed by atoms with E-state index in [1.54, 1.807) is 0 Å². The van der Waals surface area contributed by atoms with E-state index in [2.05, 4.69) is 5.32 Å². The first-order valence-corrected chi connectivity index (χ1v) is 4.17. The third kappa shape index (κ3) is 0.948. The van der Waals surface area contributed by atoms with Crippen molar-refractivity contribution >= 4 is 5.97 Å². The number of nitrogens with one attached hydrogen (secondary N) is 1. The average Bonchev–Trinajstić information content (AvgIpc) is 2.29. The van der Waals surface area contributed by atoms with Crippen molar-refractivity contribution in [3.8, 4) is 0 Å². The zero-order valence-corrected chi connectivity index (χ0v) is 6.47. The summed E-state index contributed by atoms with van der Waals surface area (Å²) in [5.41, 5.74) is -0.400. The Morgan fingerprint density at radius 2 is 2.45 bits per heavy atom. The second kappa shape index (κ2) is 2.21. The molecule has 0 amide bonds. The Kier molecular flexibility index (Phi) is 1.42. The quantitative estimate of drug-likeness (QED) is 0.578. The molecule has 62 valence electrons. The molecule has 3 heteroatoms. The van der Waals surface area contributed by atoms with Gasteiger partial charge >= 0.3 is 5.97 Å². The monoisotopic (exact) mass is 155 g/mol. The van der Waals surface area contributed by atoms with Crippen LogP contribution in [0.25, 0.3) is 0 Å². The highest BCUT2D eigenvalue weighted by Crippen LogP contribution is 2.43. The Balaban J connectivity index is 2.19. The summed E-state index contributed by atoms with van der Waals surface area (Å²) < 4.78 is 0. The van der Waals surface area contributed by atoms with Crippen LogP contribution in [0.2, 0.25) is 0 Å². The molecule has 2 fully saturated rings. The van der Waals surface area contributed by atoms with Gasteiger partial charge in [-0.15, -0.1) is 0 Å². The van der Waals surface area contributed by atoms with Gasteiger partial charge in [-0.3, -0.25) is 4.79 Å². The van der Waals surface area contributed by atoms with Gasteiger partial charge in [0, 0.05) is 6.54 Å². The third-order valence-electron chi connectivity index (χ3n) is 3.06. The number of carbonyl (C=O) groups is 1. The van der Waals surface area contributed by atoms with Gasteiger partial charge in [0.15, 0.2) is 0 Å². The molecule has 1 heterocycles. The Bertz CT molecular complexity index is 189. The minimum atomic E-state index is -0.604. The maximum atomic E-state index is 10.9. The number of piperidine rings is 1. The minimum Gasteiger partial charge on any atom is -0.481 e. The van der Waals surface area contributed by atoms with Crippen LogP contribution in [0.5, 0.6) is 0 Å². The van der Waals surface area contributed by atoms with E-state index < -0.39 is 11.4 Å². The zero-order chi connectivity index (χ0) is 7.90. The normalized spacial score (nSPS) is 42.4. The van der Waals surface area contributed by atoms with Gasteiger partial charge in [0.2, 0.25) is 0 Å². The van der Waals surface area contributed by atoms with Gasteiger partial charge in [-0.2, -0.15) is 0 Å². The van der Waals surface area contributed by atoms with Crippen molar-refractivity contribution in [3.05, 3.63) is 0 Å². The summed E-state index contributed by atoms with van der Waals surface area (Å²) in [7, 11) is 0. The number of aliphatic carboxylic acids is 1. The lowest BCUT2D eigenvalue weighted by Gasteiger charge is -2.29. The number of carboxylic acids is 1. The lowest BCUT2D eigenvalue weighted by Crippen LogP contribution is -2.44. The van der Waals surface area contributed by atoms with E-state index in [1.807, 2.05) is 0 Å². The summed E-state index contributed by atoms with van der Waals surface area (Å²) in [5.74, 6) is 0.0204. The van der Waals surface area contributed by atoms with E-state index >= 15 is 0 Å². The SMILES string of the molecule is O=C(O)[C@@]12CC[C@H](CNC1)C2. The highest BCUT2D eigenvalue weighted by molar-refractivity contribution is 5.75. The molecule has 2 bridgehead atoms. The van der Waals surface area contributed by atoms with Crippen molar-refractivity contribution in [2.75, 3.05) is 13.1 Å². The topological polar surface area (TPSA) is 49.3 Å². The molecule has 3 nitrogen and oxygen atoms in total. The molecule has 0 aromatic rings. The average molecular weight is 155 g/mol. The van der Waals surface area contributed by atoms with Crippen LogP contribution < -0.4 is 5.32 Å². The highest BCUT2D eigenvalue weighted by Gasteiger charge is 2.47. The van der Waals surface area contributed by atoms with E-state index in [9.17, 15) is 4.79 Å². The van der Waals surface area contributed by atoms with Crippen molar-refractivity contribution in [2.24, 2.45) is 11.3 Å². The number of hydrogen-bond acceptors (Lipinski definition) is 2. The summed E-state index contributed by atoms with van der Waals surface area (Å²) in [6.07, 6.45) is 2.87. The number of fused-ring (bicyclic) bond motifs is 2. The summed E-state index contributed by atoms with van der Waals surface area (Å²) in [6.45, 7) is 1.70. The fourth-order valence-corrected chi connectivity index (χ4v) is 2.36. The van der Waals surface area contributed by atoms with Gasteiger partial charge in [0.05, 0.1) is 5.41 Å². The predicted octanol–water partition coefficient (Wildman–Crippen LogP) is 0.461. The largest absolute Gasteiger partial charge is 0.481 e. The number of carboxylic acid groups (broad SMARTS) is 1. The van der Waals surface area contributed by atoms with Gasteiger partial charge in [-0.25, -0.2) is 0 Å². The standard InChI is InChI=1S/C8H13NO2/c10-7(11)8-2-1-6(3-8)4-9-5-8/h6,9H,1-5H2,(H,10,11)/t6-,8+/m0/s1. The molecule has 1 aliphatic carbocycles. The van der Waals surface area contributed by atoms with E-state index in [0.29, 0.717) is 12.5 Å². The van der Waals surface area contributed by atoms with Gasteiger partial charge < -0.3 is 10.4 Å². The second-order valence-corrected chi connectivity index (χ2v) is 3.83. The third-order valence-corrected chi connectivity index (χ3v) is 3.06. The predicted molar refractivity (Wildman–Crippen MR) is 40.3 cm³/mol. The molecule has 0 aromatic heterocycles. The van der Waals surface area contributed by atoms with Crippen LogP contribution >= 0.6 is 0 Å². The van der Waals surface area contributed by atoms with Crippen molar-refractivity contribution in [1.82, 2.24) is 5.32 Å². The molecule has 11 heavy (non-hydrogen) atoms. The highest BCUT2D eigenvalue weighted by atomic mass is 16.4. The van der Waals surface area contributed by atoms with Crippen LogP contribution in [-0.2, 0) is 4.79 Å². The van der Waals surface area contributed by atoms with Gasteiger partial charge in [-0.05, 0) is 31.7 Å². The molecule has 2 rings (SSSR count). The Morgan fingerprint density at radius 3 is 3.09 bits per heavy atom. The lowest BCUT2D eigenvalue weighted by atomic mass is 9.83. The number of hydrogen-bond donors (Lipinski definition) is 2. The van der Waals surface area contributed by atoms with Crippen LogP contribution in [-0.4, -0.2) is 24.2 Å². The van der Waals surface area contributed by atoms with E-state index in [4.69, 9.17) is 5.11 Å². The molecule has 2 atom stereocenters. The first-order chi connectivity index (χ1) is 5.23. The Morgan fingerprint density at radius 1 is 1.64 bits per heavy atom. The fourth-order valence-electron chi connectivity index (χ4n) is 2.36. The number of rotatable bonds is 1. The summed E-state index contributed by atoms with van der Waals surface area (Å²) in [5, 5.41) is 12.2. The van der Waals surface area contributed by atoms with Crippen molar-refractivity contribution in [3.63, 3.8) is 0 Å². The fraction of sp³-hybridized carbons (Fsp3) is 0.875. The van der Waals surface area contributed by atoms with E-state index in [-0.39, 0.29) is 0 Å². The minimum absolute atomic E-state index is 0.400. The smallest absolute Gasteiger partial charge is 0.310 e.